The molecule has 8 heteroatoms. The zero-order valence-electron chi connectivity index (χ0n) is 15.4. The van der Waals surface area contributed by atoms with Gasteiger partial charge in [-0.3, -0.25) is 19.3 Å². The molecule has 0 unspecified atom stereocenters. The summed E-state index contributed by atoms with van der Waals surface area (Å²) in [7, 11) is 3.08. The summed E-state index contributed by atoms with van der Waals surface area (Å²) in [5.41, 5.74) is 0.658. The van der Waals surface area contributed by atoms with E-state index in [4.69, 9.17) is 9.47 Å². The van der Waals surface area contributed by atoms with E-state index in [1.54, 1.807) is 36.3 Å². The van der Waals surface area contributed by atoms with Crippen LogP contribution in [0.1, 0.15) is 24.8 Å². The van der Waals surface area contributed by atoms with Gasteiger partial charge < -0.3 is 14.4 Å². The molecule has 0 saturated carbocycles. The number of ether oxygens (including phenoxy) is 2. The maximum atomic E-state index is 12.6. The first-order valence-corrected chi connectivity index (χ1v) is 9.60. The van der Waals surface area contributed by atoms with Crippen LogP contribution in [0.3, 0.4) is 0 Å². The summed E-state index contributed by atoms with van der Waals surface area (Å²) in [6.07, 6.45) is 4.64. The number of hydrogen-bond acceptors (Lipinski definition) is 6. The second kappa shape index (κ2) is 8.47. The van der Waals surface area contributed by atoms with Gasteiger partial charge in [-0.15, -0.1) is 0 Å². The zero-order chi connectivity index (χ0) is 19.4. The molecule has 144 valence electrons. The van der Waals surface area contributed by atoms with Crippen molar-refractivity contribution in [3.8, 4) is 11.5 Å². The van der Waals surface area contributed by atoms with E-state index in [1.807, 2.05) is 0 Å². The van der Waals surface area contributed by atoms with E-state index in [0.717, 1.165) is 35.9 Å². The van der Waals surface area contributed by atoms with Crippen LogP contribution in [-0.4, -0.2) is 60.7 Å². The van der Waals surface area contributed by atoms with E-state index in [-0.39, 0.29) is 17.4 Å². The number of benzene rings is 1. The van der Waals surface area contributed by atoms with E-state index >= 15 is 0 Å². The molecule has 0 N–H and O–H groups in total. The molecule has 0 aromatic heterocycles. The van der Waals surface area contributed by atoms with Crippen LogP contribution < -0.4 is 9.47 Å². The van der Waals surface area contributed by atoms with E-state index in [0.29, 0.717) is 30.2 Å². The molecule has 27 heavy (non-hydrogen) atoms. The van der Waals surface area contributed by atoms with E-state index < -0.39 is 11.1 Å². The summed E-state index contributed by atoms with van der Waals surface area (Å²) in [4.78, 5) is 40.3. The molecular formula is C19H22N2O5S. The van der Waals surface area contributed by atoms with Crippen LogP contribution in [0, 0.1) is 0 Å². The van der Waals surface area contributed by atoms with Gasteiger partial charge in [0.25, 0.3) is 11.1 Å². The fourth-order valence-corrected chi connectivity index (χ4v) is 3.92. The number of imide groups is 1. The van der Waals surface area contributed by atoms with Gasteiger partial charge in [0.05, 0.1) is 19.1 Å². The molecule has 3 rings (SSSR count). The predicted molar refractivity (Wildman–Crippen MR) is 103 cm³/mol. The van der Waals surface area contributed by atoms with Crippen LogP contribution in [-0.2, 0) is 9.59 Å². The summed E-state index contributed by atoms with van der Waals surface area (Å²) in [5.74, 6) is 0.531. The molecule has 0 aliphatic carbocycles. The lowest BCUT2D eigenvalue weighted by atomic mass is 10.1. The van der Waals surface area contributed by atoms with Crippen molar-refractivity contribution in [1.29, 1.82) is 0 Å². The highest BCUT2D eigenvalue weighted by Gasteiger charge is 2.37. The van der Waals surface area contributed by atoms with Crippen molar-refractivity contribution in [2.75, 3.05) is 33.9 Å². The predicted octanol–water partition coefficient (Wildman–Crippen LogP) is 2.75. The van der Waals surface area contributed by atoms with Crippen molar-refractivity contribution in [2.45, 2.75) is 19.3 Å². The maximum absolute atomic E-state index is 12.6. The number of carbonyl (C=O) groups excluding carboxylic acids is 3. The largest absolute Gasteiger partial charge is 0.497 e. The molecule has 2 aliphatic heterocycles. The van der Waals surface area contributed by atoms with Gasteiger partial charge >= 0.3 is 0 Å². The number of methoxy groups -OCH3 is 2. The lowest BCUT2D eigenvalue weighted by molar-refractivity contribution is -0.136. The Morgan fingerprint density at radius 3 is 2.56 bits per heavy atom. The molecule has 0 atom stereocenters. The number of amides is 3. The molecule has 2 heterocycles. The fourth-order valence-electron chi connectivity index (χ4n) is 3.09. The molecule has 1 aromatic carbocycles. The van der Waals surface area contributed by atoms with Crippen molar-refractivity contribution in [3.05, 3.63) is 28.7 Å². The molecule has 7 nitrogen and oxygen atoms in total. The second-order valence-corrected chi connectivity index (χ2v) is 7.31. The molecule has 2 fully saturated rings. The smallest absolute Gasteiger partial charge is 0.294 e. The summed E-state index contributed by atoms with van der Waals surface area (Å²) in [6, 6.07) is 5.21. The van der Waals surface area contributed by atoms with Crippen LogP contribution in [0.2, 0.25) is 0 Å². The minimum absolute atomic E-state index is 0.180. The molecule has 1 aromatic rings. The highest BCUT2D eigenvalue weighted by Crippen LogP contribution is 2.35. The third kappa shape index (κ3) is 4.27. The Morgan fingerprint density at radius 1 is 1.15 bits per heavy atom. The molecule has 2 aliphatic rings. The number of hydrogen-bond donors (Lipinski definition) is 0. The summed E-state index contributed by atoms with van der Waals surface area (Å²) in [5, 5.41) is -0.427. The van der Waals surface area contributed by atoms with Gasteiger partial charge in [0.1, 0.15) is 18.0 Å². The maximum Gasteiger partial charge on any atom is 0.294 e. The minimum atomic E-state index is -0.451. The number of thioether (sulfide) groups is 1. The zero-order valence-corrected chi connectivity index (χ0v) is 16.2. The second-order valence-electron chi connectivity index (χ2n) is 6.32. The van der Waals surface area contributed by atoms with Gasteiger partial charge in [-0.25, -0.2) is 0 Å². The van der Waals surface area contributed by atoms with E-state index in [2.05, 4.69) is 0 Å². The van der Waals surface area contributed by atoms with Gasteiger partial charge in [0.15, 0.2) is 0 Å². The van der Waals surface area contributed by atoms with Crippen molar-refractivity contribution in [3.63, 3.8) is 0 Å². The Bertz CT molecular complexity index is 786. The van der Waals surface area contributed by atoms with Gasteiger partial charge in [0, 0.05) is 24.7 Å². The van der Waals surface area contributed by atoms with Crippen molar-refractivity contribution in [1.82, 2.24) is 9.80 Å². The standard InChI is InChI=1S/C19H22N2O5S/c1-25-14-7-6-13(15(11-14)26-2)10-16-18(23)21(19(24)27-16)12-17(22)20-8-4-3-5-9-20/h6-7,10-11H,3-5,8-9,12H2,1-2H3/b16-10-. The normalized spacial score (nSPS) is 19.0. The molecule has 3 amide bonds. The minimum Gasteiger partial charge on any atom is -0.497 e. The first-order valence-electron chi connectivity index (χ1n) is 8.78. The van der Waals surface area contributed by atoms with Crippen LogP contribution in [0.25, 0.3) is 6.08 Å². The fraction of sp³-hybridized carbons (Fsp3) is 0.421. The van der Waals surface area contributed by atoms with Crippen molar-refractivity contribution >= 4 is 34.9 Å². The average molecular weight is 390 g/mol. The first-order chi connectivity index (χ1) is 13.0. The molecule has 0 radical (unpaired) electrons. The quantitative estimate of drug-likeness (QED) is 0.720. The number of nitrogens with zero attached hydrogens (tertiary/aromatic N) is 2. The highest BCUT2D eigenvalue weighted by atomic mass is 32.2. The summed E-state index contributed by atoms with van der Waals surface area (Å²) < 4.78 is 10.5. The Morgan fingerprint density at radius 2 is 1.89 bits per heavy atom. The number of carbonyl (C=O) groups is 3. The lowest BCUT2D eigenvalue weighted by Crippen LogP contribution is -2.44. The van der Waals surface area contributed by atoms with Gasteiger partial charge in [-0.2, -0.15) is 0 Å². The Hall–Kier alpha value is -2.48. The molecule has 0 bridgehead atoms. The van der Waals surface area contributed by atoms with Gasteiger partial charge in [-0.1, -0.05) is 0 Å². The van der Waals surface area contributed by atoms with E-state index in [9.17, 15) is 14.4 Å². The van der Waals surface area contributed by atoms with E-state index in [1.165, 1.54) is 7.11 Å². The Labute approximate surface area is 162 Å². The summed E-state index contributed by atoms with van der Waals surface area (Å²) in [6.45, 7) is 1.17. The van der Waals surface area contributed by atoms with Crippen molar-refractivity contribution < 1.29 is 23.9 Å². The molecular weight excluding hydrogens is 368 g/mol. The Kier molecular flexibility index (Phi) is 6.05. The highest BCUT2D eigenvalue weighted by molar-refractivity contribution is 8.18. The SMILES string of the molecule is COc1ccc(/C=C2\SC(=O)N(CC(=O)N3CCCCC3)C2=O)c(OC)c1. The monoisotopic (exact) mass is 390 g/mol. The molecule has 0 spiro atoms. The first kappa shape index (κ1) is 19.3. The molecule has 2 saturated heterocycles. The number of piperidine rings is 1. The topological polar surface area (TPSA) is 76.2 Å². The van der Waals surface area contributed by atoms with Crippen LogP contribution >= 0.6 is 11.8 Å². The third-order valence-corrected chi connectivity index (χ3v) is 5.51. The average Bonchev–Trinajstić information content (AvgIpc) is 2.96. The Balaban J connectivity index is 1.75. The number of rotatable bonds is 5. The van der Waals surface area contributed by atoms with Crippen LogP contribution in [0.4, 0.5) is 4.79 Å². The van der Waals surface area contributed by atoms with Gasteiger partial charge in [-0.05, 0) is 49.2 Å². The van der Waals surface area contributed by atoms with Gasteiger partial charge in [0.2, 0.25) is 5.91 Å². The number of likely N-dealkylation sites (tertiary alicyclic amines) is 1. The summed E-state index contributed by atoms with van der Waals surface area (Å²) >= 11 is 0.835. The third-order valence-electron chi connectivity index (χ3n) is 4.60. The van der Waals surface area contributed by atoms with Crippen LogP contribution in [0.5, 0.6) is 11.5 Å². The lowest BCUT2D eigenvalue weighted by Gasteiger charge is -2.27. The van der Waals surface area contributed by atoms with Crippen LogP contribution in [0.15, 0.2) is 23.1 Å². The van der Waals surface area contributed by atoms with Crippen molar-refractivity contribution in [2.24, 2.45) is 0 Å².